The quantitative estimate of drug-likeness (QED) is 0.425. The number of halogens is 2. The van der Waals surface area contributed by atoms with Crippen molar-refractivity contribution >= 4 is 58.2 Å². The zero-order chi connectivity index (χ0) is 21.5. The lowest BCUT2D eigenvalue weighted by Gasteiger charge is -2.09. The van der Waals surface area contributed by atoms with Crippen molar-refractivity contribution in [3.8, 4) is 5.75 Å². The first-order chi connectivity index (χ1) is 14.4. The summed E-state index contributed by atoms with van der Waals surface area (Å²) < 4.78 is 5.15. The second-order valence-electron chi connectivity index (χ2n) is 6.18. The smallest absolute Gasteiger partial charge is 0.255 e. The number of anilines is 2. The van der Waals surface area contributed by atoms with E-state index in [1.54, 1.807) is 55.6 Å². The molecule has 0 aliphatic carbocycles. The molecule has 0 aromatic heterocycles. The molecule has 5 nitrogen and oxygen atoms in total. The number of benzene rings is 3. The highest BCUT2D eigenvalue weighted by atomic mass is 35.5. The molecule has 0 saturated carbocycles. The summed E-state index contributed by atoms with van der Waals surface area (Å²) in [5.74, 6) is 0.394. The Morgan fingerprint density at radius 3 is 2.43 bits per heavy atom. The molecule has 0 radical (unpaired) electrons. The van der Waals surface area contributed by atoms with Crippen molar-refractivity contribution in [2.24, 2.45) is 0 Å². The van der Waals surface area contributed by atoms with Gasteiger partial charge in [0.2, 0.25) is 5.91 Å². The van der Waals surface area contributed by atoms with Gasteiger partial charge in [0, 0.05) is 21.8 Å². The van der Waals surface area contributed by atoms with Gasteiger partial charge in [-0.1, -0.05) is 35.3 Å². The van der Waals surface area contributed by atoms with Gasteiger partial charge >= 0.3 is 0 Å². The summed E-state index contributed by atoms with van der Waals surface area (Å²) in [6, 6.07) is 19.1. The third-order valence-electron chi connectivity index (χ3n) is 4.00. The predicted molar refractivity (Wildman–Crippen MR) is 123 cm³/mol. The second-order valence-corrected chi connectivity index (χ2v) is 8.04. The number of carbonyl (C=O) groups is 2. The van der Waals surface area contributed by atoms with Crippen LogP contribution in [-0.2, 0) is 4.79 Å². The Balaban J connectivity index is 1.57. The molecule has 0 bridgehead atoms. The third-order valence-corrected chi connectivity index (χ3v) is 5.73. The number of nitrogens with one attached hydrogen (secondary N) is 2. The molecule has 30 heavy (non-hydrogen) atoms. The highest BCUT2D eigenvalue weighted by Gasteiger charge is 2.09. The van der Waals surface area contributed by atoms with Crippen molar-refractivity contribution in [2.75, 3.05) is 23.5 Å². The highest BCUT2D eigenvalue weighted by molar-refractivity contribution is 8.00. The molecule has 3 aromatic rings. The number of thioether (sulfide) groups is 1. The maximum absolute atomic E-state index is 12.5. The molecule has 0 aliphatic rings. The zero-order valence-corrected chi connectivity index (χ0v) is 18.3. The largest absolute Gasteiger partial charge is 0.497 e. The van der Waals surface area contributed by atoms with Crippen LogP contribution >= 0.6 is 35.0 Å². The maximum Gasteiger partial charge on any atom is 0.255 e. The SMILES string of the molecule is COc1cccc(C(=O)Nc2cccc(SCC(=O)Nc3ccc(Cl)c(Cl)c3)c2)c1. The van der Waals surface area contributed by atoms with Gasteiger partial charge in [-0.05, 0) is 54.6 Å². The Labute approximate surface area is 188 Å². The first kappa shape index (κ1) is 22.0. The van der Waals surface area contributed by atoms with Gasteiger partial charge in [0.15, 0.2) is 0 Å². The Morgan fingerprint density at radius 1 is 0.900 bits per heavy atom. The second kappa shape index (κ2) is 10.4. The van der Waals surface area contributed by atoms with Crippen LogP contribution in [0.1, 0.15) is 10.4 Å². The van der Waals surface area contributed by atoms with E-state index in [2.05, 4.69) is 10.6 Å². The Bertz CT molecular complexity index is 1080. The van der Waals surface area contributed by atoms with Crippen LogP contribution in [0.15, 0.2) is 71.6 Å². The Hall–Kier alpha value is -2.67. The molecule has 0 aliphatic heterocycles. The van der Waals surface area contributed by atoms with Crippen LogP contribution in [0, 0.1) is 0 Å². The topological polar surface area (TPSA) is 67.4 Å². The summed E-state index contributed by atoms with van der Waals surface area (Å²) in [6.07, 6.45) is 0. The molecule has 0 saturated heterocycles. The third kappa shape index (κ3) is 6.16. The first-order valence-electron chi connectivity index (χ1n) is 8.88. The van der Waals surface area contributed by atoms with Gasteiger partial charge in [-0.15, -0.1) is 11.8 Å². The average molecular weight is 461 g/mol. The van der Waals surface area contributed by atoms with E-state index in [1.807, 2.05) is 18.2 Å². The molecule has 0 spiro atoms. The lowest BCUT2D eigenvalue weighted by atomic mass is 10.2. The maximum atomic E-state index is 12.5. The molecule has 3 rings (SSSR count). The summed E-state index contributed by atoms with van der Waals surface area (Å²) in [6.45, 7) is 0. The van der Waals surface area contributed by atoms with Crippen molar-refractivity contribution in [3.05, 3.63) is 82.3 Å². The van der Waals surface area contributed by atoms with Crippen molar-refractivity contribution in [2.45, 2.75) is 4.90 Å². The van der Waals surface area contributed by atoms with E-state index in [0.717, 1.165) is 4.90 Å². The van der Waals surface area contributed by atoms with Gasteiger partial charge in [0.1, 0.15) is 5.75 Å². The Morgan fingerprint density at radius 2 is 1.67 bits per heavy atom. The molecule has 0 unspecified atom stereocenters. The minimum atomic E-state index is -0.242. The van der Waals surface area contributed by atoms with E-state index >= 15 is 0 Å². The Kier molecular flexibility index (Phi) is 7.63. The molecule has 8 heteroatoms. The molecule has 154 valence electrons. The van der Waals surface area contributed by atoms with Crippen LogP contribution in [-0.4, -0.2) is 24.7 Å². The number of rotatable bonds is 7. The van der Waals surface area contributed by atoms with Crippen LogP contribution < -0.4 is 15.4 Å². The van der Waals surface area contributed by atoms with E-state index in [-0.39, 0.29) is 17.6 Å². The molecule has 0 heterocycles. The van der Waals surface area contributed by atoms with Crippen molar-refractivity contribution < 1.29 is 14.3 Å². The van der Waals surface area contributed by atoms with Crippen LogP contribution in [0.3, 0.4) is 0 Å². The fourth-order valence-corrected chi connectivity index (χ4v) is 3.60. The van der Waals surface area contributed by atoms with Gasteiger partial charge < -0.3 is 15.4 Å². The number of carbonyl (C=O) groups excluding carboxylic acids is 2. The monoisotopic (exact) mass is 460 g/mol. The standard InChI is InChI=1S/C22H18Cl2N2O3S/c1-29-17-6-2-4-14(10-17)22(28)26-15-5-3-7-18(11-15)30-13-21(27)25-16-8-9-19(23)20(24)12-16/h2-12H,13H2,1H3,(H,25,27)(H,26,28). The summed E-state index contributed by atoms with van der Waals surface area (Å²) in [7, 11) is 1.55. The van der Waals surface area contributed by atoms with Crippen LogP contribution in [0.25, 0.3) is 0 Å². The van der Waals surface area contributed by atoms with Crippen LogP contribution in [0.5, 0.6) is 5.75 Å². The number of amides is 2. The van der Waals surface area contributed by atoms with E-state index in [1.165, 1.54) is 11.8 Å². The fourth-order valence-electron chi connectivity index (χ4n) is 2.55. The van der Waals surface area contributed by atoms with Crippen molar-refractivity contribution in [1.29, 1.82) is 0 Å². The van der Waals surface area contributed by atoms with E-state index in [4.69, 9.17) is 27.9 Å². The van der Waals surface area contributed by atoms with Gasteiger partial charge in [-0.2, -0.15) is 0 Å². The molecule has 2 amide bonds. The summed E-state index contributed by atoms with van der Waals surface area (Å²) in [5, 5.41) is 6.43. The molecule has 2 N–H and O–H groups in total. The minimum Gasteiger partial charge on any atom is -0.497 e. The lowest BCUT2D eigenvalue weighted by Crippen LogP contribution is -2.14. The van der Waals surface area contributed by atoms with Gasteiger partial charge in [0.05, 0.1) is 22.9 Å². The fraction of sp³-hybridized carbons (Fsp3) is 0.0909. The predicted octanol–water partition coefficient (Wildman–Crippen LogP) is 5.99. The van der Waals surface area contributed by atoms with Crippen molar-refractivity contribution in [1.82, 2.24) is 0 Å². The number of hydrogen-bond donors (Lipinski definition) is 2. The number of ether oxygens (including phenoxy) is 1. The molecule has 0 fully saturated rings. The average Bonchev–Trinajstić information content (AvgIpc) is 2.75. The van der Waals surface area contributed by atoms with Crippen molar-refractivity contribution in [3.63, 3.8) is 0 Å². The summed E-state index contributed by atoms with van der Waals surface area (Å²) >= 11 is 13.2. The van der Waals surface area contributed by atoms with E-state index < -0.39 is 0 Å². The molecule has 0 atom stereocenters. The lowest BCUT2D eigenvalue weighted by molar-refractivity contribution is -0.113. The zero-order valence-electron chi connectivity index (χ0n) is 15.9. The minimum absolute atomic E-state index is 0.177. The molecular weight excluding hydrogens is 443 g/mol. The van der Waals surface area contributed by atoms with Crippen LogP contribution in [0.4, 0.5) is 11.4 Å². The van der Waals surface area contributed by atoms with E-state index in [0.29, 0.717) is 32.7 Å². The first-order valence-corrected chi connectivity index (χ1v) is 10.6. The number of hydrogen-bond acceptors (Lipinski definition) is 4. The number of methoxy groups -OCH3 is 1. The molecule has 3 aromatic carbocycles. The van der Waals surface area contributed by atoms with Gasteiger partial charge in [0.25, 0.3) is 5.91 Å². The van der Waals surface area contributed by atoms with E-state index in [9.17, 15) is 9.59 Å². The molecular formula is C22H18Cl2N2O3S. The van der Waals surface area contributed by atoms with Crippen LogP contribution in [0.2, 0.25) is 10.0 Å². The summed E-state index contributed by atoms with van der Waals surface area (Å²) in [4.78, 5) is 25.5. The highest BCUT2D eigenvalue weighted by Crippen LogP contribution is 2.26. The van der Waals surface area contributed by atoms with Gasteiger partial charge in [-0.25, -0.2) is 0 Å². The normalized spacial score (nSPS) is 10.4. The van der Waals surface area contributed by atoms with Gasteiger partial charge in [-0.3, -0.25) is 9.59 Å². The summed E-state index contributed by atoms with van der Waals surface area (Å²) in [5.41, 5.74) is 1.71.